The van der Waals surface area contributed by atoms with E-state index in [4.69, 9.17) is 11.6 Å². The number of hydrogen-bond acceptors (Lipinski definition) is 5. The van der Waals surface area contributed by atoms with Crippen LogP contribution in [0, 0.1) is 6.92 Å². The van der Waals surface area contributed by atoms with Crippen LogP contribution < -0.4 is 10.6 Å². The Hall–Kier alpha value is -3.14. The highest BCUT2D eigenvalue weighted by Gasteiger charge is 2.23. The Bertz CT molecular complexity index is 1020. The van der Waals surface area contributed by atoms with Crippen molar-refractivity contribution in [2.24, 2.45) is 14.1 Å². The highest BCUT2D eigenvalue weighted by atomic mass is 35.5. The molecule has 3 aromatic heterocycles. The van der Waals surface area contributed by atoms with Gasteiger partial charge in [-0.2, -0.15) is 15.3 Å². The number of amides is 2. The number of anilines is 1. The third-order valence-electron chi connectivity index (χ3n) is 4.35. The van der Waals surface area contributed by atoms with Crippen molar-refractivity contribution in [2.75, 3.05) is 5.32 Å². The zero-order chi connectivity index (χ0) is 20.4. The maximum Gasteiger partial charge on any atom is 0.271 e. The van der Waals surface area contributed by atoms with Crippen molar-refractivity contribution in [3.05, 3.63) is 46.8 Å². The molecule has 11 heteroatoms. The fraction of sp³-hybridized carbons (Fsp3) is 0.353. The summed E-state index contributed by atoms with van der Waals surface area (Å²) in [6.45, 7) is 3.79. The SMILES string of the molecule is Cc1c(Cl)cnn1C(C)C(=O)Nc1cnn(C)c1C(=O)NCc1cnn(C)c1. The average molecular weight is 405 g/mol. The van der Waals surface area contributed by atoms with Crippen LogP contribution >= 0.6 is 11.6 Å². The molecule has 0 aliphatic carbocycles. The number of carbonyl (C=O) groups is 2. The van der Waals surface area contributed by atoms with Crippen molar-refractivity contribution < 1.29 is 9.59 Å². The first-order chi connectivity index (χ1) is 13.3. The molecule has 0 aliphatic rings. The summed E-state index contributed by atoms with van der Waals surface area (Å²) in [6.07, 6.45) is 6.41. The van der Waals surface area contributed by atoms with Crippen LogP contribution in [0.3, 0.4) is 0 Å². The van der Waals surface area contributed by atoms with E-state index in [2.05, 4.69) is 25.9 Å². The van der Waals surface area contributed by atoms with Crippen molar-refractivity contribution in [1.82, 2.24) is 34.7 Å². The van der Waals surface area contributed by atoms with Crippen molar-refractivity contribution in [3.8, 4) is 0 Å². The Kier molecular flexibility index (Phi) is 5.50. The number of hydrogen-bond donors (Lipinski definition) is 2. The molecule has 0 bridgehead atoms. The number of halogens is 1. The molecule has 3 aromatic rings. The lowest BCUT2D eigenvalue weighted by Gasteiger charge is -2.15. The van der Waals surface area contributed by atoms with E-state index in [1.807, 2.05) is 6.20 Å². The molecule has 10 nitrogen and oxygen atoms in total. The van der Waals surface area contributed by atoms with E-state index in [0.717, 1.165) is 5.56 Å². The Labute approximate surface area is 166 Å². The lowest BCUT2D eigenvalue weighted by Crippen LogP contribution is -2.29. The smallest absolute Gasteiger partial charge is 0.271 e. The topological polar surface area (TPSA) is 112 Å². The maximum atomic E-state index is 12.6. The number of carbonyl (C=O) groups excluding carboxylic acids is 2. The van der Waals surface area contributed by atoms with Gasteiger partial charge in [0, 0.05) is 32.4 Å². The zero-order valence-electron chi connectivity index (χ0n) is 16.0. The summed E-state index contributed by atoms with van der Waals surface area (Å²) >= 11 is 6.01. The Balaban J connectivity index is 1.72. The molecule has 0 spiro atoms. The van der Waals surface area contributed by atoms with Gasteiger partial charge in [0.15, 0.2) is 0 Å². The zero-order valence-corrected chi connectivity index (χ0v) is 16.7. The summed E-state index contributed by atoms with van der Waals surface area (Å²) in [6, 6.07) is -0.612. The van der Waals surface area contributed by atoms with Crippen molar-refractivity contribution in [1.29, 1.82) is 0 Å². The van der Waals surface area contributed by atoms with E-state index in [1.54, 1.807) is 38.8 Å². The second-order valence-corrected chi connectivity index (χ2v) is 6.83. The van der Waals surface area contributed by atoms with Gasteiger partial charge >= 0.3 is 0 Å². The van der Waals surface area contributed by atoms with E-state index < -0.39 is 6.04 Å². The van der Waals surface area contributed by atoms with Crippen LogP contribution in [-0.4, -0.2) is 41.2 Å². The minimum absolute atomic E-state index is 0.250. The lowest BCUT2D eigenvalue weighted by molar-refractivity contribution is -0.119. The van der Waals surface area contributed by atoms with Crippen molar-refractivity contribution >= 4 is 29.1 Å². The monoisotopic (exact) mass is 404 g/mol. The van der Waals surface area contributed by atoms with E-state index >= 15 is 0 Å². The van der Waals surface area contributed by atoms with E-state index in [-0.39, 0.29) is 17.5 Å². The average Bonchev–Trinajstić information content (AvgIpc) is 3.33. The van der Waals surface area contributed by atoms with Gasteiger partial charge in [0.05, 0.1) is 35.0 Å². The molecule has 0 fully saturated rings. The van der Waals surface area contributed by atoms with E-state index in [0.29, 0.717) is 22.9 Å². The van der Waals surface area contributed by atoms with Gasteiger partial charge in [-0.05, 0) is 13.8 Å². The first-order valence-corrected chi connectivity index (χ1v) is 8.94. The molecule has 28 heavy (non-hydrogen) atoms. The Morgan fingerprint density at radius 2 is 1.93 bits per heavy atom. The molecule has 148 valence electrons. The molecule has 1 atom stereocenters. The molecule has 1 unspecified atom stereocenters. The second-order valence-electron chi connectivity index (χ2n) is 6.42. The fourth-order valence-electron chi connectivity index (χ4n) is 2.77. The van der Waals surface area contributed by atoms with Gasteiger partial charge in [-0.3, -0.25) is 23.6 Å². The highest BCUT2D eigenvalue weighted by molar-refractivity contribution is 6.31. The molecule has 2 amide bonds. The maximum absolute atomic E-state index is 12.6. The summed E-state index contributed by atoms with van der Waals surface area (Å²) in [4.78, 5) is 25.3. The third-order valence-corrected chi connectivity index (χ3v) is 4.73. The number of nitrogens with one attached hydrogen (secondary N) is 2. The summed E-state index contributed by atoms with van der Waals surface area (Å²) in [5, 5.41) is 18.3. The first-order valence-electron chi connectivity index (χ1n) is 8.56. The summed E-state index contributed by atoms with van der Waals surface area (Å²) in [7, 11) is 3.44. The largest absolute Gasteiger partial charge is 0.346 e. The normalized spacial score (nSPS) is 12.0. The quantitative estimate of drug-likeness (QED) is 0.645. The van der Waals surface area contributed by atoms with Crippen LogP contribution in [0.25, 0.3) is 0 Å². The number of rotatable bonds is 6. The molecule has 0 radical (unpaired) electrons. The highest BCUT2D eigenvalue weighted by Crippen LogP contribution is 2.20. The van der Waals surface area contributed by atoms with Gasteiger partial charge in [-0.25, -0.2) is 0 Å². The summed E-state index contributed by atoms with van der Waals surface area (Å²) in [5.74, 6) is -0.692. The Morgan fingerprint density at radius 1 is 1.18 bits per heavy atom. The first kappa shape index (κ1) is 19.6. The summed E-state index contributed by atoms with van der Waals surface area (Å²) in [5.41, 5.74) is 2.12. The van der Waals surface area contributed by atoms with Gasteiger partial charge in [0.1, 0.15) is 11.7 Å². The standard InChI is InChI=1S/C17H21ClN8O2/c1-10-13(18)7-22-26(10)11(2)16(27)23-14-8-21-25(4)15(14)17(28)19-5-12-6-20-24(3)9-12/h6-9,11H,5H2,1-4H3,(H,19,28)(H,23,27). The van der Waals surface area contributed by atoms with Gasteiger partial charge in [0.2, 0.25) is 5.91 Å². The molecule has 0 aliphatic heterocycles. The van der Waals surface area contributed by atoms with Gasteiger partial charge in [-0.1, -0.05) is 11.6 Å². The molecule has 0 saturated heterocycles. The van der Waals surface area contributed by atoms with Crippen LogP contribution in [0.5, 0.6) is 0 Å². The predicted molar refractivity (Wildman–Crippen MR) is 103 cm³/mol. The minimum atomic E-state index is -0.612. The van der Waals surface area contributed by atoms with Gasteiger partial charge < -0.3 is 10.6 Å². The van der Waals surface area contributed by atoms with Crippen molar-refractivity contribution in [3.63, 3.8) is 0 Å². The number of aryl methyl sites for hydroxylation is 2. The van der Waals surface area contributed by atoms with Gasteiger partial charge in [0.25, 0.3) is 5.91 Å². The molecule has 3 rings (SSSR count). The lowest BCUT2D eigenvalue weighted by atomic mass is 10.2. The molecular formula is C17H21ClN8O2. The van der Waals surface area contributed by atoms with E-state index in [9.17, 15) is 9.59 Å². The molecule has 0 aromatic carbocycles. The minimum Gasteiger partial charge on any atom is -0.346 e. The summed E-state index contributed by atoms with van der Waals surface area (Å²) < 4.78 is 4.59. The Morgan fingerprint density at radius 3 is 2.54 bits per heavy atom. The molecule has 3 heterocycles. The predicted octanol–water partition coefficient (Wildman–Crippen LogP) is 1.44. The van der Waals surface area contributed by atoms with Crippen LogP contribution in [0.4, 0.5) is 5.69 Å². The third kappa shape index (κ3) is 3.91. The number of nitrogens with zero attached hydrogens (tertiary/aromatic N) is 6. The van der Waals surface area contributed by atoms with Crippen LogP contribution in [0.15, 0.2) is 24.8 Å². The second kappa shape index (κ2) is 7.85. The van der Waals surface area contributed by atoms with Crippen LogP contribution in [0.2, 0.25) is 5.02 Å². The van der Waals surface area contributed by atoms with Crippen molar-refractivity contribution in [2.45, 2.75) is 26.4 Å². The molecule has 0 saturated carbocycles. The van der Waals surface area contributed by atoms with Gasteiger partial charge in [-0.15, -0.1) is 0 Å². The molecular weight excluding hydrogens is 384 g/mol. The van der Waals surface area contributed by atoms with Crippen LogP contribution in [0.1, 0.15) is 34.7 Å². The van der Waals surface area contributed by atoms with E-state index in [1.165, 1.54) is 21.8 Å². The molecule has 2 N–H and O–H groups in total. The fourth-order valence-corrected chi connectivity index (χ4v) is 2.90. The number of aromatic nitrogens is 6. The van der Waals surface area contributed by atoms with Crippen LogP contribution in [-0.2, 0) is 25.4 Å².